The van der Waals surface area contributed by atoms with Crippen LogP contribution in [0.5, 0.6) is 0 Å². The largest absolute Gasteiger partial charge is 0.479 e. The van der Waals surface area contributed by atoms with Crippen molar-refractivity contribution in [2.45, 2.75) is 56.4 Å². The van der Waals surface area contributed by atoms with Crippen LogP contribution in [0.2, 0.25) is 0 Å². The Bertz CT molecular complexity index is 693. The zero-order chi connectivity index (χ0) is 17.2. The molecule has 2 atom stereocenters. The van der Waals surface area contributed by atoms with Gasteiger partial charge in [-0.15, -0.1) is 0 Å². The van der Waals surface area contributed by atoms with Crippen molar-refractivity contribution in [1.29, 1.82) is 0 Å². The van der Waals surface area contributed by atoms with E-state index in [9.17, 15) is 14.7 Å². The number of aliphatic carboxylic acids is 1. The number of hydrogen-bond donors (Lipinski definition) is 2. The van der Waals surface area contributed by atoms with E-state index in [1.807, 2.05) is 30.3 Å². The van der Waals surface area contributed by atoms with Gasteiger partial charge < -0.3 is 10.4 Å². The molecule has 4 nitrogen and oxygen atoms in total. The Morgan fingerprint density at radius 3 is 2.00 bits per heavy atom. The Morgan fingerprint density at radius 1 is 0.920 bits per heavy atom. The van der Waals surface area contributed by atoms with Gasteiger partial charge in [0.2, 0.25) is 5.91 Å². The summed E-state index contributed by atoms with van der Waals surface area (Å²) in [6, 6.07) is 9.73. The van der Waals surface area contributed by atoms with Gasteiger partial charge in [0.15, 0.2) is 0 Å². The van der Waals surface area contributed by atoms with Crippen LogP contribution in [0.25, 0.3) is 0 Å². The van der Waals surface area contributed by atoms with Crippen molar-refractivity contribution in [2.75, 3.05) is 0 Å². The highest BCUT2D eigenvalue weighted by Gasteiger charge is 2.64. The van der Waals surface area contributed by atoms with Crippen molar-refractivity contribution < 1.29 is 14.7 Å². The second-order valence-corrected chi connectivity index (χ2v) is 9.10. The van der Waals surface area contributed by atoms with Gasteiger partial charge in [-0.1, -0.05) is 30.3 Å². The van der Waals surface area contributed by atoms with Crippen LogP contribution >= 0.6 is 0 Å². The number of rotatable bonds is 4. The number of carbonyl (C=O) groups is 2. The van der Waals surface area contributed by atoms with Crippen LogP contribution in [0.1, 0.15) is 56.4 Å². The first kappa shape index (κ1) is 15.4. The molecule has 5 saturated carbocycles. The van der Waals surface area contributed by atoms with Crippen molar-refractivity contribution in [3.8, 4) is 0 Å². The van der Waals surface area contributed by atoms with Gasteiger partial charge >= 0.3 is 5.97 Å². The van der Waals surface area contributed by atoms with Gasteiger partial charge in [-0.3, -0.25) is 4.79 Å². The fourth-order valence-electron chi connectivity index (χ4n) is 6.50. The molecule has 132 valence electrons. The van der Waals surface area contributed by atoms with E-state index in [1.165, 1.54) is 19.3 Å². The number of nitrogens with one attached hydrogen (secondary N) is 1. The molecule has 4 bridgehead atoms. The average molecular weight is 339 g/mol. The van der Waals surface area contributed by atoms with Gasteiger partial charge in [-0.05, 0) is 68.3 Å². The molecule has 2 N–H and O–H groups in total. The summed E-state index contributed by atoms with van der Waals surface area (Å²) < 4.78 is 0. The number of carboxylic acid groups (broad SMARTS) is 1. The lowest BCUT2D eigenvalue weighted by Gasteiger charge is -2.55. The van der Waals surface area contributed by atoms with Gasteiger partial charge in [-0.25, -0.2) is 4.79 Å². The van der Waals surface area contributed by atoms with Crippen LogP contribution in [0.15, 0.2) is 30.3 Å². The van der Waals surface area contributed by atoms with Crippen molar-refractivity contribution in [3.63, 3.8) is 0 Å². The van der Waals surface area contributed by atoms with Gasteiger partial charge in [0, 0.05) is 11.3 Å². The van der Waals surface area contributed by atoms with Crippen molar-refractivity contribution in [2.24, 2.45) is 23.2 Å². The molecule has 1 amide bonds. The lowest BCUT2D eigenvalue weighted by molar-refractivity contribution is -0.152. The molecule has 0 aliphatic heterocycles. The molecular weight excluding hydrogens is 314 g/mol. The van der Waals surface area contributed by atoms with Crippen molar-refractivity contribution >= 4 is 11.9 Å². The number of amides is 1. The number of hydrogen-bond acceptors (Lipinski definition) is 2. The summed E-state index contributed by atoms with van der Waals surface area (Å²) in [5, 5.41) is 12.9. The second-order valence-electron chi connectivity index (χ2n) is 9.10. The minimum atomic E-state index is -1.10. The molecule has 5 fully saturated rings. The Kier molecular flexibility index (Phi) is 3.14. The molecule has 0 radical (unpaired) electrons. The van der Waals surface area contributed by atoms with Crippen LogP contribution < -0.4 is 5.32 Å². The summed E-state index contributed by atoms with van der Waals surface area (Å²) in [6.07, 6.45) is 7.25. The van der Waals surface area contributed by atoms with Crippen molar-refractivity contribution in [1.82, 2.24) is 5.32 Å². The first-order valence-corrected chi connectivity index (χ1v) is 9.62. The van der Waals surface area contributed by atoms with Gasteiger partial charge in [0.25, 0.3) is 0 Å². The Hall–Kier alpha value is -1.84. The monoisotopic (exact) mass is 339 g/mol. The first-order chi connectivity index (χ1) is 12.0. The number of carbonyl (C=O) groups excluding carboxylic acids is 1. The molecule has 25 heavy (non-hydrogen) atoms. The maximum absolute atomic E-state index is 13.3. The van der Waals surface area contributed by atoms with E-state index in [0.717, 1.165) is 24.8 Å². The van der Waals surface area contributed by atoms with E-state index >= 15 is 0 Å². The number of benzene rings is 1. The summed E-state index contributed by atoms with van der Waals surface area (Å²) in [5.41, 5.74) is -0.376. The standard InChI is InChI=1S/C21H25NO3/c23-18(20-9-13-6-14(10-20)8-15(7-13)11-20)22-21(19(24)25)12-17(21)16-4-2-1-3-5-16/h1-5,13-15,17H,6-12H2,(H,22,23)(H,24,25). The Morgan fingerprint density at radius 2 is 1.48 bits per heavy atom. The van der Waals surface area contributed by atoms with E-state index < -0.39 is 11.5 Å². The van der Waals surface area contributed by atoms with Crippen LogP contribution in [-0.4, -0.2) is 22.5 Å². The molecule has 1 aromatic rings. The highest BCUT2D eigenvalue weighted by atomic mass is 16.4. The zero-order valence-electron chi connectivity index (χ0n) is 14.4. The van der Waals surface area contributed by atoms with Crippen LogP contribution in [-0.2, 0) is 9.59 Å². The summed E-state index contributed by atoms with van der Waals surface area (Å²) in [7, 11) is 0. The third kappa shape index (κ3) is 2.26. The highest BCUT2D eigenvalue weighted by molar-refractivity contribution is 5.94. The van der Waals surface area contributed by atoms with Gasteiger partial charge in [0.1, 0.15) is 5.54 Å². The minimum Gasteiger partial charge on any atom is -0.479 e. The third-order valence-corrected chi connectivity index (χ3v) is 7.40. The lowest BCUT2D eigenvalue weighted by atomic mass is 9.49. The molecule has 1 aromatic carbocycles. The summed E-state index contributed by atoms with van der Waals surface area (Å²) in [4.78, 5) is 25.3. The molecule has 0 aromatic heterocycles. The first-order valence-electron chi connectivity index (χ1n) is 9.62. The maximum Gasteiger partial charge on any atom is 0.330 e. The fourth-order valence-corrected chi connectivity index (χ4v) is 6.50. The van der Waals surface area contributed by atoms with E-state index in [4.69, 9.17) is 0 Å². The molecule has 0 saturated heterocycles. The second kappa shape index (κ2) is 5.09. The SMILES string of the molecule is O=C(NC1(C(=O)O)CC1c1ccccc1)C12CC3CC(CC(C3)C1)C2. The molecule has 4 heteroatoms. The molecule has 0 spiro atoms. The minimum absolute atomic E-state index is 0.0208. The molecule has 5 aliphatic rings. The summed E-state index contributed by atoms with van der Waals surface area (Å²) in [5.74, 6) is 1.07. The molecule has 0 heterocycles. The molecule has 2 unspecified atom stereocenters. The predicted molar refractivity (Wildman–Crippen MR) is 92.9 cm³/mol. The number of carboxylic acids is 1. The van der Waals surface area contributed by atoms with E-state index in [-0.39, 0.29) is 17.2 Å². The van der Waals surface area contributed by atoms with Crippen LogP contribution in [0.4, 0.5) is 0 Å². The fraction of sp³-hybridized carbons (Fsp3) is 0.619. The Labute approximate surface area is 148 Å². The summed E-state index contributed by atoms with van der Waals surface area (Å²) >= 11 is 0. The van der Waals surface area contributed by atoms with E-state index in [0.29, 0.717) is 24.2 Å². The maximum atomic E-state index is 13.3. The van der Waals surface area contributed by atoms with Crippen molar-refractivity contribution in [3.05, 3.63) is 35.9 Å². The Balaban J connectivity index is 1.39. The summed E-state index contributed by atoms with van der Waals surface area (Å²) in [6.45, 7) is 0. The normalized spacial score (nSPS) is 43.7. The topological polar surface area (TPSA) is 66.4 Å². The molecular formula is C21H25NO3. The highest BCUT2D eigenvalue weighted by Crippen LogP contribution is 2.61. The third-order valence-electron chi connectivity index (χ3n) is 7.40. The molecule has 5 aliphatic carbocycles. The average Bonchev–Trinajstić information content (AvgIpc) is 3.30. The van der Waals surface area contributed by atoms with E-state index in [2.05, 4.69) is 5.32 Å². The van der Waals surface area contributed by atoms with Gasteiger partial charge in [-0.2, -0.15) is 0 Å². The lowest BCUT2D eigenvalue weighted by Crippen LogP contribution is -2.57. The van der Waals surface area contributed by atoms with Gasteiger partial charge in [0.05, 0.1) is 0 Å². The smallest absolute Gasteiger partial charge is 0.330 e. The predicted octanol–water partition coefficient (Wildman–Crippen LogP) is 3.33. The molecule has 6 rings (SSSR count). The van der Waals surface area contributed by atoms with Crippen LogP contribution in [0.3, 0.4) is 0 Å². The van der Waals surface area contributed by atoms with E-state index in [1.54, 1.807) is 0 Å². The quantitative estimate of drug-likeness (QED) is 0.884. The zero-order valence-corrected chi connectivity index (χ0v) is 14.4. The van der Waals surface area contributed by atoms with Crippen LogP contribution in [0, 0.1) is 23.2 Å².